The van der Waals surface area contributed by atoms with Gasteiger partial charge in [0.15, 0.2) is 0 Å². The molecule has 0 aliphatic heterocycles. The Hall–Kier alpha value is -1.74. The van der Waals surface area contributed by atoms with Gasteiger partial charge in [0, 0.05) is 36.7 Å². The molecule has 0 fully saturated rings. The summed E-state index contributed by atoms with van der Waals surface area (Å²) in [6.45, 7) is 2.78. The van der Waals surface area contributed by atoms with Gasteiger partial charge in [-0.1, -0.05) is 12.1 Å². The summed E-state index contributed by atoms with van der Waals surface area (Å²) >= 11 is 5.99. The molecule has 1 aromatic heterocycles. The Balaban J connectivity index is 2.23. The minimum Gasteiger partial charge on any atom is -0.497 e. The lowest BCUT2D eigenvalue weighted by molar-refractivity contribution is 0.414. The predicted molar refractivity (Wildman–Crippen MR) is 83.6 cm³/mol. The van der Waals surface area contributed by atoms with Crippen molar-refractivity contribution >= 4 is 17.3 Å². The highest BCUT2D eigenvalue weighted by atomic mass is 35.5. The average molecular weight is 291 g/mol. The molecule has 0 saturated carbocycles. The van der Waals surface area contributed by atoms with Crippen LogP contribution in [0.4, 0.5) is 5.69 Å². The Morgan fingerprint density at radius 3 is 2.80 bits per heavy atom. The number of hydrogen-bond acceptors (Lipinski definition) is 3. The third kappa shape index (κ3) is 3.42. The minimum atomic E-state index is 0.463. The molecule has 2 aromatic rings. The zero-order chi connectivity index (χ0) is 14.5. The fraction of sp³-hybridized carbons (Fsp3) is 0.312. The van der Waals surface area contributed by atoms with Crippen LogP contribution < -0.4 is 9.64 Å². The van der Waals surface area contributed by atoms with Crippen LogP contribution in [0.15, 0.2) is 36.5 Å². The van der Waals surface area contributed by atoms with Gasteiger partial charge >= 0.3 is 0 Å². The fourth-order valence-corrected chi connectivity index (χ4v) is 2.37. The number of nitrogens with zero attached hydrogens (tertiary/aromatic N) is 2. The van der Waals surface area contributed by atoms with E-state index in [4.69, 9.17) is 16.3 Å². The Kier molecular flexibility index (Phi) is 4.85. The standard InChI is InChI=1S/C16H19ClN2O/c1-12-7-16(14(9-17)10-18-12)19(2)11-13-5-4-6-15(8-13)20-3/h4-8,10H,9,11H2,1-3H3. The van der Waals surface area contributed by atoms with E-state index in [1.807, 2.05) is 31.3 Å². The maximum atomic E-state index is 5.99. The third-order valence-electron chi connectivity index (χ3n) is 3.21. The van der Waals surface area contributed by atoms with Gasteiger partial charge in [-0.2, -0.15) is 0 Å². The summed E-state index contributed by atoms with van der Waals surface area (Å²) in [7, 11) is 3.74. The Morgan fingerprint density at radius 1 is 1.30 bits per heavy atom. The lowest BCUT2D eigenvalue weighted by atomic mass is 10.1. The van der Waals surface area contributed by atoms with E-state index in [1.54, 1.807) is 7.11 Å². The Morgan fingerprint density at radius 2 is 2.10 bits per heavy atom. The van der Waals surface area contributed by atoms with Crippen molar-refractivity contribution in [1.29, 1.82) is 0 Å². The van der Waals surface area contributed by atoms with Gasteiger partial charge in [-0.3, -0.25) is 4.98 Å². The molecule has 0 amide bonds. The molecule has 0 spiro atoms. The molecule has 0 unspecified atom stereocenters. The first-order valence-electron chi connectivity index (χ1n) is 6.49. The molecule has 0 N–H and O–H groups in total. The van der Waals surface area contributed by atoms with Crippen LogP contribution in [0.5, 0.6) is 5.75 Å². The van der Waals surface area contributed by atoms with Crippen LogP contribution in [-0.2, 0) is 12.4 Å². The highest BCUT2D eigenvalue weighted by Crippen LogP contribution is 2.24. The predicted octanol–water partition coefficient (Wildman–Crippen LogP) is 3.77. The quantitative estimate of drug-likeness (QED) is 0.784. The van der Waals surface area contributed by atoms with E-state index in [-0.39, 0.29) is 0 Å². The van der Waals surface area contributed by atoms with Crippen molar-refractivity contribution in [3.8, 4) is 5.75 Å². The van der Waals surface area contributed by atoms with Gasteiger partial charge in [-0.15, -0.1) is 11.6 Å². The van der Waals surface area contributed by atoms with E-state index in [0.717, 1.165) is 29.2 Å². The summed E-state index contributed by atoms with van der Waals surface area (Å²) in [5.41, 5.74) is 4.35. The van der Waals surface area contributed by atoms with Crippen molar-refractivity contribution < 1.29 is 4.74 Å². The molecule has 106 valence electrons. The van der Waals surface area contributed by atoms with E-state index in [1.165, 1.54) is 5.56 Å². The number of aromatic nitrogens is 1. The van der Waals surface area contributed by atoms with Gasteiger partial charge < -0.3 is 9.64 Å². The fourth-order valence-electron chi connectivity index (χ4n) is 2.16. The Labute approximate surface area is 125 Å². The maximum absolute atomic E-state index is 5.99. The molecular formula is C16H19ClN2O. The van der Waals surface area contributed by atoms with Crippen LogP contribution in [0.2, 0.25) is 0 Å². The first-order valence-corrected chi connectivity index (χ1v) is 7.03. The molecular weight excluding hydrogens is 272 g/mol. The van der Waals surface area contributed by atoms with Crippen LogP contribution in [0.25, 0.3) is 0 Å². The zero-order valence-corrected chi connectivity index (χ0v) is 12.8. The van der Waals surface area contributed by atoms with Gasteiger partial charge in [0.05, 0.1) is 13.0 Å². The lowest BCUT2D eigenvalue weighted by Crippen LogP contribution is -2.18. The first kappa shape index (κ1) is 14.7. The number of alkyl halides is 1. The smallest absolute Gasteiger partial charge is 0.119 e. The summed E-state index contributed by atoms with van der Waals surface area (Å²) in [6.07, 6.45) is 1.85. The van der Waals surface area contributed by atoms with Gasteiger partial charge in [0.2, 0.25) is 0 Å². The second kappa shape index (κ2) is 6.62. The SMILES string of the molecule is COc1cccc(CN(C)c2cc(C)ncc2CCl)c1. The third-order valence-corrected chi connectivity index (χ3v) is 3.50. The van der Waals surface area contributed by atoms with E-state index in [0.29, 0.717) is 5.88 Å². The van der Waals surface area contributed by atoms with Crippen LogP contribution in [0, 0.1) is 6.92 Å². The zero-order valence-electron chi connectivity index (χ0n) is 12.1. The molecule has 1 heterocycles. The molecule has 20 heavy (non-hydrogen) atoms. The second-order valence-electron chi connectivity index (χ2n) is 4.80. The van der Waals surface area contributed by atoms with Gasteiger partial charge in [0.1, 0.15) is 5.75 Å². The Bertz CT molecular complexity index is 586. The molecule has 0 saturated heterocycles. The normalized spacial score (nSPS) is 10.4. The second-order valence-corrected chi connectivity index (χ2v) is 5.06. The van der Waals surface area contributed by atoms with E-state index in [2.05, 4.69) is 29.1 Å². The number of benzene rings is 1. The largest absolute Gasteiger partial charge is 0.497 e. The summed E-state index contributed by atoms with van der Waals surface area (Å²) in [5, 5.41) is 0. The molecule has 0 radical (unpaired) electrons. The number of anilines is 1. The molecule has 4 heteroatoms. The summed E-state index contributed by atoms with van der Waals surface area (Å²) < 4.78 is 5.26. The van der Waals surface area contributed by atoms with E-state index >= 15 is 0 Å². The topological polar surface area (TPSA) is 25.4 Å². The number of methoxy groups -OCH3 is 1. The molecule has 0 atom stereocenters. The van der Waals surface area contributed by atoms with Gasteiger partial charge in [-0.05, 0) is 30.7 Å². The lowest BCUT2D eigenvalue weighted by Gasteiger charge is -2.22. The number of halogens is 1. The molecule has 2 rings (SSSR count). The van der Waals surface area contributed by atoms with Crippen LogP contribution in [-0.4, -0.2) is 19.1 Å². The van der Waals surface area contributed by atoms with Crippen molar-refractivity contribution in [2.45, 2.75) is 19.3 Å². The van der Waals surface area contributed by atoms with Crippen molar-refractivity contribution in [2.24, 2.45) is 0 Å². The highest BCUT2D eigenvalue weighted by Gasteiger charge is 2.09. The number of ether oxygens (including phenoxy) is 1. The van der Waals surface area contributed by atoms with Crippen LogP contribution >= 0.6 is 11.6 Å². The van der Waals surface area contributed by atoms with Crippen LogP contribution in [0.1, 0.15) is 16.8 Å². The van der Waals surface area contributed by atoms with Crippen molar-refractivity contribution in [3.05, 3.63) is 53.3 Å². The maximum Gasteiger partial charge on any atom is 0.119 e. The van der Waals surface area contributed by atoms with Gasteiger partial charge in [-0.25, -0.2) is 0 Å². The van der Waals surface area contributed by atoms with Crippen LogP contribution in [0.3, 0.4) is 0 Å². The molecule has 0 aliphatic rings. The number of rotatable bonds is 5. The van der Waals surface area contributed by atoms with Crippen molar-refractivity contribution in [3.63, 3.8) is 0 Å². The average Bonchev–Trinajstić information content (AvgIpc) is 2.47. The summed E-state index contributed by atoms with van der Waals surface area (Å²) in [4.78, 5) is 6.48. The number of aryl methyl sites for hydroxylation is 1. The van der Waals surface area contributed by atoms with Crippen molar-refractivity contribution in [1.82, 2.24) is 4.98 Å². The highest BCUT2D eigenvalue weighted by molar-refractivity contribution is 6.17. The van der Waals surface area contributed by atoms with Crippen molar-refractivity contribution in [2.75, 3.05) is 19.1 Å². The molecule has 0 aliphatic carbocycles. The molecule has 1 aromatic carbocycles. The number of pyridine rings is 1. The number of hydrogen-bond donors (Lipinski definition) is 0. The molecule has 0 bridgehead atoms. The van der Waals surface area contributed by atoms with E-state index < -0.39 is 0 Å². The minimum absolute atomic E-state index is 0.463. The first-order chi connectivity index (χ1) is 9.63. The van der Waals surface area contributed by atoms with E-state index in [9.17, 15) is 0 Å². The summed E-state index contributed by atoms with van der Waals surface area (Å²) in [6, 6.07) is 10.2. The molecule has 3 nitrogen and oxygen atoms in total. The van der Waals surface area contributed by atoms with Gasteiger partial charge in [0.25, 0.3) is 0 Å². The monoisotopic (exact) mass is 290 g/mol. The summed E-state index contributed by atoms with van der Waals surface area (Å²) in [5.74, 6) is 1.34.